The number of halogens is 1. The van der Waals surface area contributed by atoms with Gasteiger partial charge in [0.15, 0.2) is 0 Å². The summed E-state index contributed by atoms with van der Waals surface area (Å²) in [4.78, 5) is 25.4. The molecule has 1 saturated heterocycles. The fourth-order valence-electron chi connectivity index (χ4n) is 2.32. The van der Waals surface area contributed by atoms with Crippen molar-refractivity contribution in [3.8, 4) is 0 Å². The van der Waals surface area contributed by atoms with Crippen molar-refractivity contribution < 1.29 is 9.59 Å². The molecule has 2 rings (SSSR count). The molecule has 5 nitrogen and oxygen atoms in total. The third-order valence-electron chi connectivity index (χ3n) is 3.46. The summed E-state index contributed by atoms with van der Waals surface area (Å²) in [5.74, 6) is -0.0567. The van der Waals surface area contributed by atoms with E-state index in [1.54, 1.807) is 37.2 Å². The van der Waals surface area contributed by atoms with Crippen LogP contribution in [0.2, 0.25) is 5.02 Å². The third kappa shape index (κ3) is 3.22. The molecule has 6 heteroatoms. The number of hydrogen-bond donors (Lipinski definition) is 2. The second kappa shape index (κ2) is 6.13. The molecule has 0 spiro atoms. The lowest BCUT2D eigenvalue weighted by Crippen LogP contribution is -2.48. The summed E-state index contributed by atoms with van der Waals surface area (Å²) >= 11 is 5.94. The quantitative estimate of drug-likeness (QED) is 0.893. The second-order valence-corrected chi connectivity index (χ2v) is 5.36. The van der Waals surface area contributed by atoms with Gasteiger partial charge in [-0.2, -0.15) is 0 Å². The lowest BCUT2D eigenvalue weighted by atomic mass is 10.0. The van der Waals surface area contributed by atoms with Crippen LogP contribution in [0.25, 0.3) is 0 Å². The van der Waals surface area contributed by atoms with E-state index in [0.29, 0.717) is 30.0 Å². The van der Waals surface area contributed by atoms with Gasteiger partial charge in [-0.05, 0) is 24.6 Å². The lowest BCUT2D eigenvalue weighted by Gasteiger charge is -2.30. The minimum Gasteiger partial charge on any atom is -0.387 e. The van der Waals surface area contributed by atoms with Crippen molar-refractivity contribution in [1.82, 2.24) is 10.2 Å². The topological polar surface area (TPSA) is 61.4 Å². The molecule has 1 fully saturated rings. The Morgan fingerprint density at radius 1 is 1.45 bits per heavy atom. The van der Waals surface area contributed by atoms with Crippen molar-refractivity contribution in [2.75, 3.05) is 26.0 Å². The maximum Gasteiger partial charge on any atom is 0.253 e. The van der Waals surface area contributed by atoms with Gasteiger partial charge in [0, 0.05) is 43.8 Å². The van der Waals surface area contributed by atoms with Crippen molar-refractivity contribution in [3.63, 3.8) is 0 Å². The van der Waals surface area contributed by atoms with Gasteiger partial charge < -0.3 is 15.5 Å². The number of piperidine rings is 1. The molecule has 0 aliphatic carbocycles. The smallest absolute Gasteiger partial charge is 0.253 e. The van der Waals surface area contributed by atoms with Gasteiger partial charge in [-0.25, -0.2) is 0 Å². The number of hydrogen-bond acceptors (Lipinski definition) is 3. The number of likely N-dealkylation sites (tertiary alicyclic amines) is 1. The molecule has 108 valence electrons. The summed E-state index contributed by atoms with van der Waals surface area (Å²) in [6.07, 6.45) is 1.14. The predicted molar refractivity (Wildman–Crippen MR) is 79.1 cm³/mol. The summed E-state index contributed by atoms with van der Waals surface area (Å²) in [5.41, 5.74) is 1.24. The van der Waals surface area contributed by atoms with Crippen LogP contribution < -0.4 is 10.6 Å². The molecule has 0 saturated carbocycles. The molecular formula is C14H18ClN3O2. The standard InChI is InChI=1S/C14H18ClN3O2/c1-16-12-5-3-9(15)7-11(12)14(20)17-10-4-6-13(19)18(2)8-10/h3,5,7,10,16H,4,6,8H2,1-2H3,(H,17,20). The average molecular weight is 296 g/mol. The van der Waals surface area contributed by atoms with Crippen molar-refractivity contribution in [2.24, 2.45) is 0 Å². The van der Waals surface area contributed by atoms with E-state index < -0.39 is 0 Å². The third-order valence-corrected chi connectivity index (χ3v) is 3.69. The monoisotopic (exact) mass is 295 g/mol. The maximum absolute atomic E-state index is 12.3. The number of carbonyl (C=O) groups is 2. The zero-order valence-corrected chi connectivity index (χ0v) is 12.3. The van der Waals surface area contributed by atoms with E-state index in [1.807, 2.05) is 0 Å². The van der Waals surface area contributed by atoms with E-state index in [9.17, 15) is 9.59 Å². The van der Waals surface area contributed by atoms with Crippen LogP contribution in [0.3, 0.4) is 0 Å². The molecule has 0 bridgehead atoms. The Balaban J connectivity index is 2.09. The number of nitrogens with one attached hydrogen (secondary N) is 2. The molecule has 1 aliphatic rings. The Hall–Kier alpha value is -1.75. The molecule has 1 aromatic carbocycles. The molecule has 1 atom stereocenters. The van der Waals surface area contributed by atoms with E-state index >= 15 is 0 Å². The number of likely N-dealkylation sites (N-methyl/N-ethyl adjacent to an activating group) is 1. The van der Waals surface area contributed by atoms with Crippen molar-refractivity contribution in [2.45, 2.75) is 18.9 Å². The highest BCUT2D eigenvalue weighted by molar-refractivity contribution is 6.31. The molecule has 0 aromatic heterocycles. The summed E-state index contributed by atoms with van der Waals surface area (Å²) in [5, 5.41) is 6.45. The zero-order valence-electron chi connectivity index (χ0n) is 11.6. The second-order valence-electron chi connectivity index (χ2n) is 4.92. The Labute approximate surface area is 123 Å². The van der Waals surface area contributed by atoms with Crippen molar-refractivity contribution in [3.05, 3.63) is 28.8 Å². The normalized spacial score (nSPS) is 18.9. The predicted octanol–water partition coefficient (Wildman–Crippen LogP) is 1.73. The van der Waals surface area contributed by atoms with Crippen LogP contribution in [-0.4, -0.2) is 43.4 Å². The summed E-state index contributed by atoms with van der Waals surface area (Å²) in [7, 11) is 3.51. The van der Waals surface area contributed by atoms with Crippen LogP contribution >= 0.6 is 11.6 Å². The Morgan fingerprint density at radius 3 is 2.85 bits per heavy atom. The van der Waals surface area contributed by atoms with Gasteiger partial charge in [0.25, 0.3) is 5.91 Å². The molecule has 1 heterocycles. The molecule has 2 amide bonds. The summed E-state index contributed by atoms with van der Waals surface area (Å²) < 4.78 is 0. The van der Waals surface area contributed by atoms with Crippen LogP contribution in [-0.2, 0) is 4.79 Å². The van der Waals surface area contributed by atoms with Gasteiger partial charge in [0.2, 0.25) is 5.91 Å². The Morgan fingerprint density at radius 2 is 2.20 bits per heavy atom. The first kappa shape index (κ1) is 14.7. The first-order chi connectivity index (χ1) is 9.51. The van der Waals surface area contributed by atoms with Crippen molar-refractivity contribution >= 4 is 29.1 Å². The van der Waals surface area contributed by atoms with Crippen LogP contribution in [0.4, 0.5) is 5.69 Å². The SMILES string of the molecule is CNc1ccc(Cl)cc1C(=O)NC1CCC(=O)N(C)C1. The summed E-state index contributed by atoms with van der Waals surface area (Å²) in [6.45, 7) is 0.542. The zero-order chi connectivity index (χ0) is 14.7. The molecule has 1 aromatic rings. The fourth-order valence-corrected chi connectivity index (χ4v) is 2.49. The number of rotatable bonds is 3. The maximum atomic E-state index is 12.3. The van der Waals surface area contributed by atoms with Gasteiger partial charge in [0.1, 0.15) is 0 Å². The molecular weight excluding hydrogens is 278 g/mol. The van der Waals surface area contributed by atoms with E-state index in [0.717, 1.165) is 5.69 Å². The van der Waals surface area contributed by atoms with Gasteiger partial charge in [0.05, 0.1) is 5.56 Å². The van der Waals surface area contributed by atoms with Gasteiger partial charge >= 0.3 is 0 Å². The molecule has 0 radical (unpaired) electrons. The average Bonchev–Trinajstić information content (AvgIpc) is 2.43. The number of carbonyl (C=O) groups excluding carboxylic acids is 2. The molecule has 20 heavy (non-hydrogen) atoms. The van der Waals surface area contributed by atoms with E-state index in [-0.39, 0.29) is 17.9 Å². The van der Waals surface area contributed by atoms with Crippen molar-refractivity contribution in [1.29, 1.82) is 0 Å². The van der Waals surface area contributed by atoms with Gasteiger partial charge in [-0.15, -0.1) is 0 Å². The molecule has 1 aliphatic heterocycles. The minimum absolute atomic E-state index is 0.0195. The van der Waals surface area contributed by atoms with E-state index in [4.69, 9.17) is 11.6 Å². The lowest BCUT2D eigenvalue weighted by molar-refractivity contribution is -0.132. The fraction of sp³-hybridized carbons (Fsp3) is 0.429. The first-order valence-corrected chi connectivity index (χ1v) is 6.91. The summed E-state index contributed by atoms with van der Waals surface area (Å²) in [6, 6.07) is 5.12. The number of benzene rings is 1. The highest BCUT2D eigenvalue weighted by atomic mass is 35.5. The van der Waals surface area contributed by atoms with E-state index in [2.05, 4.69) is 10.6 Å². The number of nitrogens with zero attached hydrogens (tertiary/aromatic N) is 1. The van der Waals surface area contributed by atoms with Gasteiger partial charge in [-0.1, -0.05) is 11.6 Å². The van der Waals surface area contributed by atoms with Crippen LogP contribution in [0, 0.1) is 0 Å². The highest BCUT2D eigenvalue weighted by Gasteiger charge is 2.25. The largest absolute Gasteiger partial charge is 0.387 e. The first-order valence-electron chi connectivity index (χ1n) is 6.53. The van der Waals surface area contributed by atoms with E-state index in [1.165, 1.54) is 0 Å². The molecule has 2 N–H and O–H groups in total. The minimum atomic E-state index is -0.176. The number of anilines is 1. The number of amides is 2. The Bertz CT molecular complexity index is 533. The van der Waals surface area contributed by atoms with Crippen LogP contribution in [0.5, 0.6) is 0 Å². The van der Waals surface area contributed by atoms with Crippen LogP contribution in [0.1, 0.15) is 23.2 Å². The molecule has 1 unspecified atom stereocenters. The van der Waals surface area contributed by atoms with Gasteiger partial charge in [-0.3, -0.25) is 9.59 Å². The highest BCUT2D eigenvalue weighted by Crippen LogP contribution is 2.21. The Kier molecular flexibility index (Phi) is 4.49. The van der Waals surface area contributed by atoms with Crippen LogP contribution in [0.15, 0.2) is 18.2 Å².